The van der Waals surface area contributed by atoms with E-state index in [2.05, 4.69) is 35.8 Å². The van der Waals surface area contributed by atoms with Gasteiger partial charge in [-0.1, -0.05) is 23.5 Å². The molecule has 0 fully saturated rings. The number of anilines is 3. The number of carbonyl (C=O) groups is 2. The predicted molar refractivity (Wildman–Crippen MR) is 131 cm³/mol. The van der Waals surface area contributed by atoms with Gasteiger partial charge in [0.2, 0.25) is 5.82 Å². The molecule has 3 aromatic rings. The van der Waals surface area contributed by atoms with Crippen molar-refractivity contribution in [2.45, 2.75) is 32.9 Å². The van der Waals surface area contributed by atoms with Crippen molar-refractivity contribution in [1.29, 1.82) is 5.26 Å². The second kappa shape index (κ2) is 10.5. The Bertz CT molecular complexity index is 1300. The van der Waals surface area contributed by atoms with Gasteiger partial charge in [0, 0.05) is 35.6 Å². The van der Waals surface area contributed by atoms with E-state index in [1.54, 1.807) is 31.2 Å². The van der Waals surface area contributed by atoms with Crippen molar-refractivity contribution in [3.05, 3.63) is 58.0 Å². The largest absolute Gasteiger partial charge is 0.394 e. The van der Waals surface area contributed by atoms with E-state index in [0.717, 1.165) is 16.3 Å². The molecule has 0 aliphatic carbocycles. The molecular weight excluding hydrogens is 468 g/mol. The lowest BCUT2D eigenvalue weighted by Gasteiger charge is -2.27. The average molecular weight is 493 g/mol. The van der Waals surface area contributed by atoms with E-state index in [0.29, 0.717) is 36.1 Å². The number of nitrogens with one attached hydrogen (secondary N) is 3. The molecule has 0 saturated carbocycles. The Labute approximate surface area is 205 Å². The maximum Gasteiger partial charge on any atom is 0.325 e. The summed E-state index contributed by atoms with van der Waals surface area (Å²) in [5.41, 5.74) is 2.26. The van der Waals surface area contributed by atoms with E-state index in [4.69, 9.17) is 5.26 Å². The van der Waals surface area contributed by atoms with Gasteiger partial charge in [-0.25, -0.2) is 19.7 Å². The summed E-state index contributed by atoms with van der Waals surface area (Å²) < 4.78 is 0. The number of urea groups is 1. The molecule has 2 aromatic heterocycles. The molecule has 11 nitrogen and oxygen atoms in total. The highest BCUT2D eigenvalue weighted by Gasteiger charge is 2.23. The van der Waals surface area contributed by atoms with E-state index >= 15 is 0 Å². The SMILES string of the molecule is Cc1cc(N2CCc3nc(NC(=O)Nc4ccccc4C(=O)N[C@@H](C)CO)sc3C2)nc(C#N)n1. The Balaban J connectivity index is 1.43. The third-order valence-corrected chi connectivity index (χ3v) is 6.29. The number of aliphatic hydroxyl groups is 1. The molecule has 1 aliphatic heterocycles. The second-order valence-corrected chi connectivity index (χ2v) is 9.13. The second-order valence-electron chi connectivity index (χ2n) is 8.05. The Morgan fingerprint density at radius 2 is 2.06 bits per heavy atom. The first-order valence-corrected chi connectivity index (χ1v) is 11.8. The number of aliphatic hydroxyl groups excluding tert-OH is 1. The summed E-state index contributed by atoms with van der Waals surface area (Å²) in [5.74, 6) is 0.423. The average Bonchev–Trinajstić information content (AvgIpc) is 3.24. The molecule has 35 heavy (non-hydrogen) atoms. The number of fused-ring (bicyclic) bond motifs is 1. The standard InChI is InChI=1S/C23H24N8O3S/c1-13-9-20(29-19(10-24)25-13)31-8-7-17-18(11-31)35-23(28-17)30-22(34)27-16-6-4-3-5-15(16)21(33)26-14(2)12-32/h3-6,9,14,32H,7-8,11-12H2,1-2H3,(H,26,33)(H2,27,28,30,34)/t14-/m0/s1. The Morgan fingerprint density at radius 1 is 1.26 bits per heavy atom. The zero-order valence-electron chi connectivity index (χ0n) is 19.2. The molecule has 1 aliphatic rings. The van der Waals surface area contributed by atoms with Crippen molar-refractivity contribution in [2.75, 3.05) is 28.7 Å². The highest BCUT2D eigenvalue weighted by Crippen LogP contribution is 2.30. The van der Waals surface area contributed by atoms with Crippen LogP contribution in [0.5, 0.6) is 0 Å². The number of rotatable bonds is 6. The third-order valence-electron chi connectivity index (χ3n) is 5.29. The van der Waals surface area contributed by atoms with Gasteiger partial charge in [-0.15, -0.1) is 0 Å². The fourth-order valence-corrected chi connectivity index (χ4v) is 4.62. The van der Waals surface area contributed by atoms with Crippen LogP contribution in [-0.2, 0) is 13.0 Å². The topological polar surface area (TPSA) is 156 Å². The number of thiazole rings is 1. The number of para-hydroxylation sites is 1. The molecule has 4 N–H and O–H groups in total. The summed E-state index contributed by atoms with van der Waals surface area (Å²) >= 11 is 1.37. The summed E-state index contributed by atoms with van der Waals surface area (Å²) in [7, 11) is 0. The van der Waals surface area contributed by atoms with Crippen LogP contribution in [0.2, 0.25) is 0 Å². The first-order valence-electron chi connectivity index (χ1n) is 10.9. The lowest BCUT2D eigenvalue weighted by molar-refractivity contribution is 0.0923. The Hall–Kier alpha value is -4.08. The van der Waals surface area contributed by atoms with E-state index in [9.17, 15) is 14.7 Å². The van der Waals surface area contributed by atoms with Crippen LogP contribution < -0.4 is 20.9 Å². The molecule has 1 atom stereocenters. The monoisotopic (exact) mass is 492 g/mol. The first kappa shape index (κ1) is 24.1. The van der Waals surface area contributed by atoms with Crippen molar-refractivity contribution in [1.82, 2.24) is 20.3 Å². The van der Waals surface area contributed by atoms with E-state index < -0.39 is 18.0 Å². The van der Waals surface area contributed by atoms with Crippen LogP contribution in [0.15, 0.2) is 30.3 Å². The maximum absolute atomic E-state index is 12.7. The van der Waals surface area contributed by atoms with Gasteiger partial charge in [0.25, 0.3) is 5.91 Å². The normalized spacial score (nSPS) is 13.4. The molecule has 1 aromatic carbocycles. The van der Waals surface area contributed by atoms with Crippen molar-refractivity contribution < 1.29 is 14.7 Å². The number of hydrogen-bond donors (Lipinski definition) is 4. The van der Waals surface area contributed by atoms with Crippen LogP contribution in [0.1, 0.15) is 39.4 Å². The highest BCUT2D eigenvalue weighted by molar-refractivity contribution is 7.15. The lowest BCUT2D eigenvalue weighted by Crippen LogP contribution is -2.35. The van der Waals surface area contributed by atoms with Crippen LogP contribution in [0.3, 0.4) is 0 Å². The molecule has 0 spiro atoms. The summed E-state index contributed by atoms with van der Waals surface area (Å²) in [4.78, 5) is 41.1. The Morgan fingerprint density at radius 3 is 2.83 bits per heavy atom. The predicted octanol–water partition coefficient (Wildman–Crippen LogP) is 2.43. The van der Waals surface area contributed by atoms with E-state index in [1.165, 1.54) is 11.3 Å². The number of carbonyl (C=O) groups excluding carboxylic acids is 2. The van der Waals surface area contributed by atoms with Gasteiger partial charge in [0.1, 0.15) is 11.9 Å². The fraction of sp³-hybridized carbons (Fsp3) is 0.304. The third kappa shape index (κ3) is 5.71. The fourth-order valence-electron chi connectivity index (χ4n) is 3.60. The zero-order chi connectivity index (χ0) is 24.9. The van der Waals surface area contributed by atoms with Gasteiger partial charge >= 0.3 is 6.03 Å². The van der Waals surface area contributed by atoms with Crippen molar-refractivity contribution >= 4 is 39.9 Å². The minimum absolute atomic E-state index is 0.133. The van der Waals surface area contributed by atoms with Gasteiger partial charge < -0.3 is 20.6 Å². The molecule has 3 amide bonds. The van der Waals surface area contributed by atoms with Crippen molar-refractivity contribution in [3.63, 3.8) is 0 Å². The quantitative estimate of drug-likeness (QED) is 0.409. The maximum atomic E-state index is 12.7. The number of aromatic nitrogens is 3. The first-order chi connectivity index (χ1) is 16.9. The molecule has 0 bridgehead atoms. The summed E-state index contributed by atoms with van der Waals surface area (Å²) in [6.07, 6.45) is 0.673. The number of benzene rings is 1. The van der Waals surface area contributed by atoms with Crippen LogP contribution in [0, 0.1) is 18.3 Å². The molecule has 12 heteroatoms. The molecule has 180 valence electrons. The lowest BCUT2D eigenvalue weighted by atomic mass is 10.1. The van der Waals surface area contributed by atoms with Crippen LogP contribution in [-0.4, -0.2) is 51.2 Å². The minimum Gasteiger partial charge on any atom is -0.394 e. The van der Waals surface area contributed by atoms with Crippen LogP contribution in [0.25, 0.3) is 0 Å². The van der Waals surface area contributed by atoms with Gasteiger partial charge in [0.15, 0.2) is 5.13 Å². The summed E-state index contributed by atoms with van der Waals surface area (Å²) in [6, 6.07) is 9.53. The molecule has 0 unspecified atom stereocenters. The smallest absolute Gasteiger partial charge is 0.325 e. The Kier molecular flexibility index (Phi) is 7.19. The van der Waals surface area contributed by atoms with E-state index in [1.807, 2.05) is 19.1 Å². The van der Waals surface area contributed by atoms with Crippen molar-refractivity contribution in [2.24, 2.45) is 0 Å². The van der Waals surface area contributed by atoms with Crippen molar-refractivity contribution in [3.8, 4) is 6.07 Å². The summed E-state index contributed by atoms with van der Waals surface area (Å²) in [5, 5.41) is 26.9. The zero-order valence-corrected chi connectivity index (χ0v) is 20.0. The van der Waals surface area contributed by atoms with Gasteiger partial charge in [-0.05, 0) is 26.0 Å². The number of nitriles is 1. The number of nitrogens with zero attached hydrogens (tertiary/aromatic N) is 5. The number of amides is 3. The van der Waals surface area contributed by atoms with Crippen LogP contribution in [0.4, 0.5) is 21.4 Å². The van der Waals surface area contributed by atoms with Gasteiger partial charge in [0.05, 0.1) is 30.1 Å². The van der Waals surface area contributed by atoms with Gasteiger partial charge in [-0.3, -0.25) is 10.1 Å². The molecular formula is C23H24N8O3S. The summed E-state index contributed by atoms with van der Waals surface area (Å²) in [6.45, 7) is 4.55. The molecule has 0 radical (unpaired) electrons. The molecule has 0 saturated heterocycles. The molecule has 3 heterocycles. The number of hydrogen-bond acceptors (Lipinski definition) is 9. The minimum atomic E-state index is -0.520. The van der Waals surface area contributed by atoms with E-state index in [-0.39, 0.29) is 18.0 Å². The highest BCUT2D eigenvalue weighted by atomic mass is 32.1. The number of aryl methyl sites for hydroxylation is 1. The van der Waals surface area contributed by atoms with Crippen LogP contribution >= 0.6 is 11.3 Å². The van der Waals surface area contributed by atoms with Gasteiger partial charge in [-0.2, -0.15) is 5.26 Å². The molecule has 4 rings (SSSR count).